The summed E-state index contributed by atoms with van der Waals surface area (Å²) >= 11 is 15.6. The molecule has 1 aromatic heterocycles. The smallest absolute Gasteiger partial charge is 0.255 e. The van der Waals surface area contributed by atoms with Gasteiger partial charge in [0.15, 0.2) is 0 Å². The van der Waals surface area contributed by atoms with E-state index in [-0.39, 0.29) is 11.8 Å². The lowest BCUT2D eigenvalue weighted by molar-refractivity contribution is 0.0696. The van der Waals surface area contributed by atoms with Crippen LogP contribution >= 0.6 is 39.1 Å². The molecular formula is C20H16BrCl2N3O2. The largest absolute Gasteiger partial charge is 0.339 e. The first-order chi connectivity index (χ1) is 13.5. The van der Waals surface area contributed by atoms with Crippen LogP contribution in [0.25, 0.3) is 11.4 Å². The Balaban J connectivity index is 1.51. The number of nitrogens with zero attached hydrogens (tertiary/aromatic N) is 3. The Hall–Kier alpha value is -1.89. The number of carbonyl (C=O) groups excluding carboxylic acids is 1. The van der Waals surface area contributed by atoms with Gasteiger partial charge in [0, 0.05) is 28.1 Å². The van der Waals surface area contributed by atoms with Gasteiger partial charge in [0.2, 0.25) is 11.7 Å². The molecule has 1 saturated heterocycles. The number of piperidine rings is 1. The van der Waals surface area contributed by atoms with Crippen molar-refractivity contribution in [3.63, 3.8) is 0 Å². The Morgan fingerprint density at radius 1 is 1.18 bits per heavy atom. The second-order valence-corrected chi connectivity index (χ2v) is 8.44. The third kappa shape index (κ3) is 4.09. The number of rotatable bonds is 3. The molecule has 1 fully saturated rings. The molecule has 1 aliphatic rings. The van der Waals surface area contributed by atoms with Crippen molar-refractivity contribution >= 4 is 45.0 Å². The molecule has 1 amide bonds. The van der Waals surface area contributed by atoms with Crippen molar-refractivity contribution < 1.29 is 9.32 Å². The minimum atomic E-state index is -0.112. The van der Waals surface area contributed by atoms with Crippen molar-refractivity contribution in [1.29, 1.82) is 0 Å². The van der Waals surface area contributed by atoms with E-state index in [2.05, 4.69) is 26.1 Å². The predicted molar refractivity (Wildman–Crippen MR) is 112 cm³/mol. The summed E-state index contributed by atoms with van der Waals surface area (Å²) in [6.07, 6.45) is 1.75. The van der Waals surface area contributed by atoms with Crippen LogP contribution < -0.4 is 0 Å². The molecule has 0 spiro atoms. The molecule has 1 unspecified atom stereocenters. The van der Waals surface area contributed by atoms with E-state index in [0.717, 1.165) is 22.9 Å². The Labute approximate surface area is 180 Å². The maximum Gasteiger partial charge on any atom is 0.255 e. The number of halogens is 3. The number of aromatic nitrogens is 2. The Morgan fingerprint density at radius 3 is 2.71 bits per heavy atom. The van der Waals surface area contributed by atoms with Gasteiger partial charge in [-0.1, -0.05) is 44.3 Å². The van der Waals surface area contributed by atoms with Crippen molar-refractivity contribution in [2.75, 3.05) is 13.1 Å². The fourth-order valence-electron chi connectivity index (χ4n) is 3.31. The molecule has 0 radical (unpaired) electrons. The molecule has 28 heavy (non-hydrogen) atoms. The zero-order valence-corrected chi connectivity index (χ0v) is 17.8. The van der Waals surface area contributed by atoms with E-state index >= 15 is 0 Å². The van der Waals surface area contributed by atoms with Gasteiger partial charge in [0.05, 0.1) is 16.5 Å². The minimum absolute atomic E-state index is 0.000439. The van der Waals surface area contributed by atoms with Crippen LogP contribution in [0.2, 0.25) is 10.0 Å². The third-order valence-electron chi connectivity index (χ3n) is 4.76. The highest BCUT2D eigenvalue weighted by Gasteiger charge is 2.30. The molecule has 3 aromatic rings. The molecule has 0 bridgehead atoms. The number of amides is 1. The topological polar surface area (TPSA) is 59.2 Å². The van der Waals surface area contributed by atoms with Crippen molar-refractivity contribution in [2.24, 2.45) is 0 Å². The van der Waals surface area contributed by atoms with Gasteiger partial charge < -0.3 is 9.42 Å². The van der Waals surface area contributed by atoms with Gasteiger partial charge in [0.25, 0.3) is 5.91 Å². The Kier molecular flexibility index (Phi) is 5.71. The first-order valence-corrected chi connectivity index (χ1v) is 10.4. The normalized spacial score (nSPS) is 17.0. The van der Waals surface area contributed by atoms with Crippen molar-refractivity contribution in [1.82, 2.24) is 15.0 Å². The predicted octanol–water partition coefficient (Wildman–Crippen LogP) is 5.83. The first-order valence-electron chi connectivity index (χ1n) is 8.85. The van der Waals surface area contributed by atoms with Crippen LogP contribution in [0.5, 0.6) is 0 Å². The van der Waals surface area contributed by atoms with Crippen LogP contribution in [0.15, 0.2) is 51.5 Å². The number of benzene rings is 2. The summed E-state index contributed by atoms with van der Waals surface area (Å²) in [7, 11) is 0. The fourth-order valence-corrected chi connectivity index (χ4v) is 4.07. The molecule has 4 rings (SSSR count). The van der Waals surface area contributed by atoms with E-state index in [0.29, 0.717) is 40.4 Å². The van der Waals surface area contributed by atoms with Gasteiger partial charge in [-0.15, -0.1) is 0 Å². The second kappa shape index (κ2) is 8.23. The quantitative estimate of drug-likeness (QED) is 0.473. The van der Waals surface area contributed by atoms with E-state index in [1.165, 1.54) is 0 Å². The standard InChI is InChI=1S/C20H16BrCl2N3O2/c21-14-5-3-12(4-6-14)18-24-19(28-25-18)13-2-1-9-26(11-13)20(27)16-8-7-15(22)10-17(16)23/h3-8,10,13H,1-2,9,11H2. The average molecular weight is 481 g/mol. The number of likely N-dealkylation sites (tertiary alicyclic amines) is 1. The van der Waals surface area contributed by atoms with Crippen LogP contribution in [-0.2, 0) is 0 Å². The van der Waals surface area contributed by atoms with Crippen molar-refractivity contribution in [3.8, 4) is 11.4 Å². The Bertz CT molecular complexity index is 1010. The molecule has 5 nitrogen and oxygen atoms in total. The molecule has 0 N–H and O–H groups in total. The minimum Gasteiger partial charge on any atom is -0.339 e. The summed E-state index contributed by atoms with van der Waals surface area (Å²) in [6, 6.07) is 12.6. The Morgan fingerprint density at radius 2 is 1.96 bits per heavy atom. The summed E-state index contributed by atoms with van der Waals surface area (Å²) in [4.78, 5) is 19.2. The van der Waals surface area contributed by atoms with Gasteiger partial charge in [-0.05, 0) is 55.3 Å². The highest BCUT2D eigenvalue weighted by atomic mass is 79.9. The molecule has 144 valence electrons. The van der Waals surface area contributed by atoms with Gasteiger partial charge in [-0.2, -0.15) is 4.98 Å². The summed E-state index contributed by atoms with van der Waals surface area (Å²) in [6.45, 7) is 1.18. The molecular weight excluding hydrogens is 465 g/mol. The van der Waals surface area contributed by atoms with E-state index in [1.54, 1.807) is 23.1 Å². The van der Waals surface area contributed by atoms with Crippen molar-refractivity contribution in [3.05, 3.63) is 68.4 Å². The maximum absolute atomic E-state index is 12.9. The zero-order valence-electron chi connectivity index (χ0n) is 14.7. The number of hydrogen-bond acceptors (Lipinski definition) is 4. The molecule has 1 atom stereocenters. The SMILES string of the molecule is O=C(c1ccc(Cl)cc1Cl)N1CCCC(c2nc(-c3ccc(Br)cc3)no2)C1. The van der Waals surface area contributed by atoms with E-state index in [9.17, 15) is 4.79 Å². The number of hydrogen-bond donors (Lipinski definition) is 0. The van der Waals surface area contributed by atoms with E-state index < -0.39 is 0 Å². The van der Waals surface area contributed by atoms with Gasteiger partial charge in [-0.3, -0.25) is 4.79 Å². The zero-order chi connectivity index (χ0) is 19.7. The molecule has 2 heterocycles. The lowest BCUT2D eigenvalue weighted by Gasteiger charge is -2.31. The number of carbonyl (C=O) groups is 1. The first kappa shape index (κ1) is 19.4. The molecule has 2 aromatic carbocycles. The second-order valence-electron chi connectivity index (χ2n) is 6.68. The summed E-state index contributed by atoms with van der Waals surface area (Å²) in [5, 5.41) is 4.96. The summed E-state index contributed by atoms with van der Waals surface area (Å²) in [5.74, 6) is 0.990. The van der Waals surface area contributed by atoms with Crippen LogP contribution in [0.4, 0.5) is 0 Å². The molecule has 0 saturated carbocycles. The van der Waals surface area contributed by atoms with E-state index in [1.807, 2.05) is 24.3 Å². The molecule has 8 heteroatoms. The summed E-state index contributed by atoms with van der Waals surface area (Å²) < 4.78 is 6.50. The highest BCUT2D eigenvalue weighted by Crippen LogP contribution is 2.30. The van der Waals surface area contributed by atoms with Crippen LogP contribution in [-0.4, -0.2) is 34.0 Å². The van der Waals surface area contributed by atoms with Crippen molar-refractivity contribution in [2.45, 2.75) is 18.8 Å². The third-order valence-corrected chi connectivity index (χ3v) is 5.84. The fraction of sp³-hybridized carbons (Fsp3) is 0.250. The van der Waals surface area contributed by atoms with Gasteiger partial charge >= 0.3 is 0 Å². The average Bonchev–Trinajstić information content (AvgIpc) is 3.18. The monoisotopic (exact) mass is 479 g/mol. The molecule has 0 aliphatic carbocycles. The highest BCUT2D eigenvalue weighted by molar-refractivity contribution is 9.10. The van der Waals surface area contributed by atoms with Crippen LogP contribution in [0.3, 0.4) is 0 Å². The summed E-state index contributed by atoms with van der Waals surface area (Å²) in [5.41, 5.74) is 1.34. The maximum atomic E-state index is 12.9. The van der Waals surface area contributed by atoms with Gasteiger partial charge in [0.1, 0.15) is 0 Å². The van der Waals surface area contributed by atoms with E-state index in [4.69, 9.17) is 27.7 Å². The molecule has 1 aliphatic heterocycles. The van der Waals surface area contributed by atoms with Crippen LogP contribution in [0.1, 0.15) is 35.0 Å². The lowest BCUT2D eigenvalue weighted by atomic mass is 9.97. The van der Waals surface area contributed by atoms with Crippen LogP contribution in [0, 0.1) is 0 Å². The van der Waals surface area contributed by atoms with Gasteiger partial charge in [-0.25, -0.2) is 0 Å². The lowest BCUT2D eigenvalue weighted by Crippen LogP contribution is -2.39.